The van der Waals surface area contributed by atoms with E-state index in [1.54, 1.807) is 61.5 Å². The highest BCUT2D eigenvalue weighted by Crippen LogP contribution is 2.26. The zero-order valence-electron chi connectivity index (χ0n) is 17.2. The maximum atomic E-state index is 13.6. The molecule has 1 N–H and O–H groups in total. The second-order valence-electron chi connectivity index (χ2n) is 6.79. The molecular weight excluding hydrogens is 419 g/mol. The highest BCUT2D eigenvalue weighted by Gasteiger charge is 2.23. The summed E-state index contributed by atoms with van der Waals surface area (Å²) in [6.45, 7) is 3.58. The van der Waals surface area contributed by atoms with E-state index in [1.165, 1.54) is 22.5 Å². The zero-order valence-corrected chi connectivity index (χ0v) is 18.0. The number of hydrogen-bond acceptors (Lipinski definition) is 4. The molecule has 0 bridgehead atoms. The molecule has 8 heteroatoms. The van der Waals surface area contributed by atoms with E-state index in [0.717, 1.165) is 5.56 Å². The summed E-state index contributed by atoms with van der Waals surface area (Å²) < 4.78 is 46.3. The van der Waals surface area contributed by atoms with Gasteiger partial charge in [0.15, 0.2) is 6.61 Å². The first-order chi connectivity index (χ1) is 14.8. The van der Waals surface area contributed by atoms with E-state index >= 15 is 0 Å². The third-order valence-electron chi connectivity index (χ3n) is 4.54. The molecular formula is C23H23FN2O4S. The maximum absolute atomic E-state index is 13.6. The standard InChI is InChI=1S/C23H23FN2O4S/c1-3-26(31(28,29)20-14-8-17(2)9-15-20)18-10-12-19(13-11-18)30-16-23(27)25-22-7-5-4-6-21(22)24/h4-15H,3,16H2,1-2H3,(H,25,27). The number of nitrogens with zero attached hydrogens (tertiary/aromatic N) is 1. The predicted octanol–water partition coefficient (Wildman–Crippen LogP) is 4.37. The molecule has 162 valence electrons. The molecule has 3 aromatic rings. The number of amides is 1. The summed E-state index contributed by atoms with van der Waals surface area (Å²) in [6, 6.07) is 18.9. The molecule has 0 saturated carbocycles. The molecule has 0 unspecified atom stereocenters. The number of carbonyl (C=O) groups excluding carboxylic acids is 1. The van der Waals surface area contributed by atoms with Gasteiger partial charge in [-0.1, -0.05) is 29.8 Å². The zero-order chi connectivity index (χ0) is 22.4. The summed E-state index contributed by atoms with van der Waals surface area (Å²) in [5.74, 6) is -0.655. The summed E-state index contributed by atoms with van der Waals surface area (Å²) in [5.41, 5.74) is 1.53. The molecule has 6 nitrogen and oxygen atoms in total. The first kappa shape index (κ1) is 22.3. The third kappa shape index (κ3) is 5.40. The highest BCUT2D eigenvalue weighted by molar-refractivity contribution is 7.92. The number of hydrogen-bond donors (Lipinski definition) is 1. The van der Waals surface area contributed by atoms with Gasteiger partial charge in [0.05, 0.1) is 16.3 Å². The van der Waals surface area contributed by atoms with Crippen molar-refractivity contribution in [2.45, 2.75) is 18.7 Å². The van der Waals surface area contributed by atoms with Gasteiger partial charge in [-0.2, -0.15) is 0 Å². The summed E-state index contributed by atoms with van der Waals surface area (Å²) >= 11 is 0. The molecule has 0 heterocycles. The van der Waals surface area contributed by atoms with Crippen molar-refractivity contribution >= 4 is 27.3 Å². The largest absolute Gasteiger partial charge is 0.484 e. The summed E-state index contributed by atoms with van der Waals surface area (Å²) in [4.78, 5) is 12.2. The Kier molecular flexibility index (Phi) is 6.91. The minimum atomic E-state index is -3.71. The number of ether oxygens (including phenoxy) is 1. The Balaban J connectivity index is 1.66. The second-order valence-corrected chi connectivity index (χ2v) is 8.66. The molecule has 3 rings (SSSR count). The van der Waals surface area contributed by atoms with Crippen LogP contribution in [0.1, 0.15) is 12.5 Å². The summed E-state index contributed by atoms with van der Waals surface area (Å²) in [5, 5.41) is 2.43. The van der Waals surface area contributed by atoms with E-state index in [0.29, 0.717) is 11.4 Å². The van der Waals surface area contributed by atoms with Crippen LogP contribution in [0.15, 0.2) is 77.7 Å². The van der Waals surface area contributed by atoms with Crippen molar-refractivity contribution in [3.8, 4) is 5.75 Å². The molecule has 0 fully saturated rings. The van der Waals surface area contributed by atoms with E-state index < -0.39 is 21.7 Å². The van der Waals surface area contributed by atoms with Crippen molar-refractivity contribution in [2.24, 2.45) is 0 Å². The Bertz CT molecular complexity index is 1150. The Hall–Kier alpha value is -3.39. The van der Waals surface area contributed by atoms with E-state index in [-0.39, 0.29) is 23.7 Å². The fourth-order valence-electron chi connectivity index (χ4n) is 2.94. The molecule has 0 atom stereocenters. The van der Waals surface area contributed by atoms with Gasteiger partial charge in [-0.25, -0.2) is 12.8 Å². The minimum Gasteiger partial charge on any atom is -0.484 e. The topological polar surface area (TPSA) is 75.7 Å². The number of sulfonamides is 1. The van der Waals surface area contributed by atoms with Crippen LogP contribution in [0.3, 0.4) is 0 Å². The highest BCUT2D eigenvalue weighted by atomic mass is 32.2. The average Bonchev–Trinajstić information content (AvgIpc) is 2.75. The molecule has 0 aromatic heterocycles. The van der Waals surface area contributed by atoms with Crippen molar-refractivity contribution in [1.82, 2.24) is 0 Å². The Labute approximate surface area is 181 Å². The van der Waals surface area contributed by atoms with Crippen LogP contribution in [0.25, 0.3) is 0 Å². The predicted molar refractivity (Wildman–Crippen MR) is 118 cm³/mol. The van der Waals surface area contributed by atoms with Crippen molar-refractivity contribution < 1.29 is 22.3 Å². The lowest BCUT2D eigenvalue weighted by molar-refractivity contribution is -0.118. The second kappa shape index (κ2) is 9.61. The Morgan fingerprint density at radius 3 is 2.26 bits per heavy atom. The fourth-order valence-corrected chi connectivity index (χ4v) is 4.41. The van der Waals surface area contributed by atoms with Gasteiger partial charge in [-0.15, -0.1) is 0 Å². The van der Waals surface area contributed by atoms with Crippen LogP contribution in [-0.2, 0) is 14.8 Å². The molecule has 0 aliphatic carbocycles. The van der Waals surface area contributed by atoms with Gasteiger partial charge in [0.1, 0.15) is 11.6 Å². The smallest absolute Gasteiger partial charge is 0.264 e. The number of rotatable bonds is 8. The van der Waals surface area contributed by atoms with Crippen molar-refractivity contribution in [3.63, 3.8) is 0 Å². The van der Waals surface area contributed by atoms with E-state index in [9.17, 15) is 17.6 Å². The van der Waals surface area contributed by atoms with Crippen LogP contribution in [-0.4, -0.2) is 27.5 Å². The van der Waals surface area contributed by atoms with Gasteiger partial charge in [-0.3, -0.25) is 9.10 Å². The van der Waals surface area contributed by atoms with Gasteiger partial charge in [0.2, 0.25) is 0 Å². The molecule has 0 aliphatic heterocycles. The number of para-hydroxylation sites is 1. The number of nitrogens with one attached hydrogen (secondary N) is 1. The molecule has 31 heavy (non-hydrogen) atoms. The molecule has 0 saturated heterocycles. The summed E-state index contributed by atoms with van der Waals surface area (Å²) in [6.07, 6.45) is 0. The van der Waals surface area contributed by atoms with Gasteiger partial charge >= 0.3 is 0 Å². The van der Waals surface area contributed by atoms with Crippen molar-refractivity contribution in [2.75, 3.05) is 22.8 Å². The van der Waals surface area contributed by atoms with Crippen LogP contribution in [0.5, 0.6) is 5.75 Å². The van der Waals surface area contributed by atoms with Gasteiger partial charge in [-0.05, 0) is 62.4 Å². The Morgan fingerprint density at radius 2 is 1.65 bits per heavy atom. The SMILES string of the molecule is CCN(c1ccc(OCC(=O)Nc2ccccc2F)cc1)S(=O)(=O)c1ccc(C)cc1. The lowest BCUT2D eigenvalue weighted by Crippen LogP contribution is -2.30. The first-order valence-electron chi connectivity index (χ1n) is 9.68. The normalized spacial score (nSPS) is 11.1. The summed E-state index contributed by atoms with van der Waals surface area (Å²) in [7, 11) is -3.71. The van der Waals surface area contributed by atoms with E-state index in [2.05, 4.69) is 5.32 Å². The lowest BCUT2D eigenvalue weighted by Gasteiger charge is -2.23. The number of halogens is 1. The van der Waals surface area contributed by atoms with Crippen molar-refractivity contribution in [3.05, 3.63) is 84.2 Å². The number of anilines is 2. The molecule has 0 aliphatic rings. The number of carbonyl (C=O) groups is 1. The van der Waals surface area contributed by atoms with Crippen molar-refractivity contribution in [1.29, 1.82) is 0 Å². The van der Waals surface area contributed by atoms with Crippen LogP contribution in [0, 0.1) is 12.7 Å². The Morgan fingerprint density at radius 1 is 1.00 bits per heavy atom. The molecule has 3 aromatic carbocycles. The van der Waals surface area contributed by atoms with Gasteiger partial charge in [0, 0.05) is 6.54 Å². The monoisotopic (exact) mass is 442 g/mol. The molecule has 0 spiro atoms. The number of aryl methyl sites for hydroxylation is 1. The van der Waals surface area contributed by atoms with Gasteiger partial charge < -0.3 is 10.1 Å². The lowest BCUT2D eigenvalue weighted by atomic mass is 10.2. The maximum Gasteiger partial charge on any atom is 0.264 e. The van der Waals surface area contributed by atoms with Crippen LogP contribution >= 0.6 is 0 Å². The number of benzene rings is 3. The minimum absolute atomic E-state index is 0.0753. The van der Waals surface area contributed by atoms with Crippen LogP contribution in [0.2, 0.25) is 0 Å². The molecule has 0 radical (unpaired) electrons. The quantitative estimate of drug-likeness (QED) is 0.562. The average molecular weight is 443 g/mol. The third-order valence-corrected chi connectivity index (χ3v) is 6.46. The van der Waals surface area contributed by atoms with E-state index in [4.69, 9.17) is 4.74 Å². The first-order valence-corrected chi connectivity index (χ1v) is 11.1. The van der Waals surface area contributed by atoms with E-state index in [1.807, 2.05) is 6.92 Å². The van der Waals surface area contributed by atoms with Gasteiger partial charge in [0.25, 0.3) is 15.9 Å². The molecule has 1 amide bonds. The van der Waals surface area contributed by atoms with Crippen LogP contribution in [0.4, 0.5) is 15.8 Å². The van der Waals surface area contributed by atoms with Crippen LogP contribution < -0.4 is 14.4 Å². The fraction of sp³-hybridized carbons (Fsp3) is 0.174.